The minimum atomic E-state index is -0.0353. The van der Waals surface area contributed by atoms with E-state index in [-0.39, 0.29) is 30.4 Å². The topological polar surface area (TPSA) is 60.7 Å². The highest BCUT2D eigenvalue weighted by atomic mass is 35.5. The molecule has 0 radical (unpaired) electrons. The van der Waals surface area contributed by atoms with Gasteiger partial charge in [0.1, 0.15) is 0 Å². The molecule has 0 aromatic carbocycles. The lowest BCUT2D eigenvalue weighted by Gasteiger charge is -2.02. The molecule has 1 aliphatic rings. The second-order valence-corrected chi connectivity index (χ2v) is 2.90. The van der Waals surface area contributed by atoms with Gasteiger partial charge in [0.15, 0.2) is 0 Å². The van der Waals surface area contributed by atoms with E-state index in [1.165, 1.54) is 0 Å². The van der Waals surface area contributed by atoms with E-state index in [0.29, 0.717) is 5.92 Å². The Kier molecular flexibility index (Phi) is 5.13. The van der Waals surface area contributed by atoms with Crippen molar-refractivity contribution in [1.82, 2.24) is 15.5 Å². The SMILES string of the molecule is Cl.Cl.O=c1cc(C2CCNC2)[nH][nH]1. The van der Waals surface area contributed by atoms with Gasteiger partial charge in [-0.3, -0.25) is 9.89 Å². The second kappa shape index (κ2) is 5.32. The van der Waals surface area contributed by atoms with Crippen LogP contribution in [0.2, 0.25) is 0 Å². The minimum absolute atomic E-state index is 0. The minimum Gasteiger partial charge on any atom is -0.316 e. The zero-order valence-electron chi connectivity index (χ0n) is 7.00. The van der Waals surface area contributed by atoms with Crippen LogP contribution in [0.4, 0.5) is 0 Å². The van der Waals surface area contributed by atoms with Crippen molar-refractivity contribution in [2.45, 2.75) is 12.3 Å². The Bertz CT molecular complexity index is 290. The summed E-state index contributed by atoms with van der Waals surface area (Å²) in [7, 11) is 0. The molecule has 0 bridgehead atoms. The van der Waals surface area contributed by atoms with Gasteiger partial charge in [0, 0.05) is 24.2 Å². The summed E-state index contributed by atoms with van der Waals surface area (Å²) >= 11 is 0. The van der Waals surface area contributed by atoms with E-state index in [0.717, 1.165) is 25.2 Å². The van der Waals surface area contributed by atoms with Gasteiger partial charge in [-0.25, -0.2) is 0 Å². The van der Waals surface area contributed by atoms with Gasteiger partial charge in [0.05, 0.1) is 0 Å². The summed E-state index contributed by atoms with van der Waals surface area (Å²) in [5.41, 5.74) is 0.993. The van der Waals surface area contributed by atoms with Crippen molar-refractivity contribution in [1.29, 1.82) is 0 Å². The van der Waals surface area contributed by atoms with E-state index in [1.54, 1.807) is 6.07 Å². The Hall–Kier alpha value is -0.450. The van der Waals surface area contributed by atoms with E-state index in [2.05, 4.69) is 15.5 Å². The Morgan fingerprint density at radius 1 is 1.31 bits per heavy atom. The van der Waals surface area contributed by atoms with Gasteiger partial charge in [-0.15, -0.1) is 24.8 Å². The normalized spacial score (nSPS) is 20.5. The molecule has 3 N–H and O–H groups in total. The fraction of sp³-hybridized carbons (Fsp3) is 0.571. The van der Waals surface area contributed by atoms with Crippen LogP contribution in [0, 0.1) is 0 Å². The largest absolute Gasteiger partial charge is 0.316 e. The van der Waals surface area contributed by atoms with Crippen molar-refractivity contribution >= 4 is 24.8 Å². The maximum atomic E-state index is 10.7. The highest BCUT2D eigenvalue weighted by Gasteiger charge is 2.17. The molecule has 0 spiro atoms. The Labute approximate surface area is 88.3 Å². The maximum Gasteiger partial charge on any atom is 0.264 e. The molecule has 6 heteroatoms. The first kappa shape index (κ1) is 12.6. The summed E-state index contributed by atoms with van der Waals surface area (Å²) < 4.78 is 0. The zero-order valence-corrected chi connectivity index (χ0v) is 8.63. The molecule has 4 nitrogen and oxygen atoms in total. The Morgan fingerprint density at radius 3 is 2.54 bits per heavy atom. The van der Waals surface area contributed by atoms with E-state index >= 15 is 0 Å². The summed E-state index contributed by atoms with van der Waals surface area (Å²) in [6.07, 6.45) is 1.12. The number of rotatable bonds is 1. The zero-order chi connectivity index (χ0) is 7.68. The number of aromatic nitrogens is 2. The van der Waals surface area contributed by atoms with Gasteiger partial charge in [-0.2, -0.15) is 0 Å². The van der Waals surface area contributed by atoms with Crippen molar-refractivity contribution in [3.63, 3.8) is 0 Å². The number of H-pyrrole nitrogens is 2. The van der Waals surface area contributed by atoms with E-state index in [9.17, 15) is 4.79 Å². The number of halogens is 2. The van der Waals surface area contributed by atoms with Crippen molar-refractivity contribution in [3.05, 3.63) is 22.1 Å². The first-order chi connectivity index (χ1) is 5.36. The molecule has 1 aliphatic heterocycles. The molecule has 13 heavy (non-hydrogen) atoms. The number of hydrogen-bond donors (Lipinski definition) is 3. The molecule has 1 atom stereocenters. The van der Waals surface area contributed by atoms with Gasteiger partial charge in [0.25, 0.3) is 5.56 Å². The Balaban J connectivity index is 0.000000720. The molecule has 1 aromatic heterocycles. The van der Waals surface area contributed by atoms with E-state index in [4.69, 9.17) is 0 Å². The van der Waals surface area contributed by atoms with Crippen LogP contribution in [0.5, 0.6) is 0 Å². The lowest BCUT2D eigenvalue weighted by atomic mass is 10.1. The molecule has 1 aromatic rings. The number of hydrogen-bond acceptors (Lipinski definition) is 2. The van der Waals surface area contributed by atoms with Gasteiger partial charge >= 0.3 is 0 Å². The monoisotopic (exact) mass is 225 g/mol. The van der Waals surface area contributed by atoms with Crippen LogP contribution in [0.25, 0.3) is 0 Å². The molecule has 2 rings (SSSR count). The summed E-state index contributed by atoms with van der Waals surface area (Å²) in [5.74, 6) is 0.494. The standard InChI is InChI=1S/C7H11N3O.2ClH/c11-7-3-6(9-10-7)5-1-2-8-4-5;;/h3,5,8H,1-2,4H2,(H2,9,10,11);2*1H. The van der Waals surface area contributed by atoms with Crippen LogP contribution in [0.1, 0.15) is 18.0 Å². The molecule has 2 heterocycles. The molecule has 0 saturated carbocycles. The summed E-state index contributed by atoms with van der Waals surface area (Å²) in [6, 6.07) is 1.64. The maximum absolute atomic E-state index is 10.7. The molecule has 0 aliphatic carbocycles. The van der Waals surface area contributed by atoms with Crippen molar-refractivity contribution < 1.29 is 0 Å². The molecule has 1 fully saturated rings. The molecule has 1 saturated heterocycles. The van der Waals surface area contributed by atoms with Crippen molar-refractivity contribution in [2.24, 2.45) is 0 Å². The lowest BCUT2D eigenvalue weighted by Crippen LogP contribution is -2.08. The first-order valence-corrected chi connectivity index (χ1v) is 3.84. The highest BCUT2D eigenvalue weighted by Crippen LogP contribution is 2.17. The van der Waals surface area contributed by atoms with Crippen LogP contribution >= 0.6 is 24.8 Å². The summed E-state index contributed by atoms with van der Waals surface area (Å²) in [5, 5.41) is 8.65. The molecule has 1 unspecified atom stereocenters. The van der Waals surface area contributed by atoms with Crippen LogP contribution in [-0.4, -0.2) is 23.3 Å². The predicted octanol–water partition coefficient (Wildman–Crippen LogP) is 0.623. The van der Waals surface area contributed by atoms with E-state index in [1.807, 2.05) is 0 Å². The predicted molar refractivity (Wildman–Crippen MR) is 56.1 cm³/mol. The Morgan fingerprint density at radius 2 is 2.08 bits per heavy atom. The quantitative estimate of drug-likeness (QED) is 0.657. The van der Waals surface area contributed by atoms with Gasteiger partial charge in [-0.1, -0.05) is 0 Å². The smallest absolute Gasteiger partial charge is 0.264 e. The fourth-order valence-corrected chi connectivity index (χ4v) is 1.49. The molecular weight excluding hydrogens is 213 g/mol. The van der Waals surface area contributed by atoms with Gasteiger partial charge in [0.2, 0.25) is 0 Å². The van der Waals surface area contributed by atoms with Gasteiger partial charge < -0.3 is 10.4 Å². The molecular formula is C7H13Cl2N3O. The van der Waals surface area contributed by atoms with Crippen molar-refractivity contribution in [2.75, 3.05) is 13.1 Å². The third-order valence-electron chi connectivity index (χ3n) is 2.12. The average molecular weight is 226 g/mol. The second-order valence-electron chi connectivity index (χ2n) is 2.90. The fourth-order valence-electron chi connectivity index (χ4n) is 1.49. The molecule has 0 amide bonds. The highest BCUT2D eigenvalue weighted by molar-refractivity contribution is 5.85. The number of aromatic amines is 2. The van der Waals surface area contributed by atoms with Crippen LogP contribution in [0.3, 0.4) is 0 Å². The van der Waals surface area contributed by atoms with Crippen LogP contribution in [-0.2, 0) is 0 Å². The van der Waals surface area contributed by atoms with E-state index < -0.39 is 0 Å². The summed E-state index contributed by atoms with van der Waals surface area (Å²) in [6.45, 7) is 2.03. The van der Waals surface area contributed by atoms with Crippen molar-refractivity contribution in [3.8, 4) is 0 Å². The van der Waals surface area contributed by atoms with Gasteiger partial charge in [-0.05, 0) is 13.0 Å². The third-order valence-corrected chi connectivity index (χ3v) is 2.12. The average Bonchev–Trinajstić information content (AvgIpc) is 2.55. The first-order valence-electron chi connectivity index (χ1n) is 3.84. The van der Waals surface area contributed by atoms with Crippen LogP contribution in [0.15, 0.2) is 10.9 Å². The number of nitrogens with one attached hydrogen (secondary N) is 3. The molecule has 76 valence electrons. The third kappa shape index (κ3) is 2.76. The lowest BCUT2D eigenvalue weighted by molar-refractivity contribution is 0.729. The summed E-state index contributed by atoms with van der Waals surface area (Å²) in [4.78, 5) is 10.7. The van der Waals surface area contributed by atoms with Crippen LogP contribution < -0.4 is 10.9 Å².